The molecule has 1 aromatic heterocycles. The predicted molar refractivity (Wildman–Crippen MR) is 64.8 cm³/mol. The fraction of sp³-hybridized carbons (Fsp3) is 0.545. The summed E-state index contributed by atoms with van der Waals surface area (Å²) in [7, 11) is 0. The Hall–Kier alpha value is -0.470. The number of halogens is 2. The Kier molecular flexibility index (Phi) is 3.37. The first-order chi connectivity index (χ1) is 7.22. The van der Waals surface area contributed by atoms with Gasteiger partial charge in [-0.05, 0) is 31.9 Å². The van der Waals surface area contributed by atoms with Crippen LogP contribution in [0.5, 0.6) is 0 Å². The molecular formula is C11H14Cl2N2. The summed E-state index contributed by atoms with van der Waals surface area (Å²) < 4.78 is 0. The highest BCUT2D eigenvalue weighted by Crippen LogP contribution is 2.26. The maximum Gasteiger partial charge on any atom is 0.129 e. The summed E-state index contributed by atoms with van der Waals surface area (Å²) >= 11 is 11.8. The SMILES string of the molecule is CC1CCCN1c1ccc(Cl)c(CCl)n1. The predicted octanol–water partition coefficient (Wildman–Crippen LogP) is 3.46. The third-order valence-corrected chi connectivity index (χ3v) is 3.48. The fourth-order valence-corrected chi connectivity index (χ4v) is 2.44. The smallest absolute Gasteiger partial charge is 0.129 e. The zero-order valence-electron chi connectivity index (χ0n) is 8.71. The third kappa shape index (κ3) is 2.21. The highest BCUT2D eigenvalue weighted by atomic mass is 35.5. The van der Waals surface area contributed by atoms with Crippen LogP contribution < -0.4 is 4.90 Å². The second-order valence-corrected chi connectivity index (χ2v) is 4.59. The van der Waals surface area contributed by atoms with Gasteiger partial charge in [0.05, 0.1) is 16.6 Å². The van der Waals surface area contributed by atoms with Crippen LogP contribution in [0.3, 0.4) is 0 Å². The van der Waals surface area contributed by atoms with Gasteiger partial charge in [-0.25, -0.2) is 4.98 Å². The zero-order chi connectivity index (χ0) is 10.8. The summed E-state index contributed by atoms with van der Waals surface area (Å²) in [5.41, 5.74) is 0.773. The van der Waals surface area contributed by atoms with E-state index < -0.39 is 0 Å². The molecule has 1 atom stereocenters. The average Bonchev–Trinajstić information content (AvgIpc) is 2.65. The Balaban J connectivity index is 2.28. The Morgan fingerprint density at radius 3 is 2.93 bits per heavy atom. The Labute approximate surface area is 100 Å². The first-order valence-electron chi connectivity index (χ1n) is 5.20. The van der Waals surface area contributed by atoms with Crippen LogP contribution in [0.4, 0.5) is 5.82 Å². The van der Waals surface area contributed by atoms with Crippen molar-refractivity contribution in [1.29, 1.82) is 0 Å². The van der Waals surface area contributed by atoms with Crippen molar-refractivity contribution in [2.45, 2.75) is 31.7 Å². The second kappa shape index (κ2) is 4.58. The van der Waals surface area contributed by atoms with Crippen molar-refractivity contribution >= 4 is 29.0 Å². The molecule has 1 saturated heterocycles. The van der Waals surface area contributed by atoms with Crippen molar-refractivity contribution in [2.24, 2.45) is 0 Å². The normalized spacial score (nSPS) is 21.0. The lowest BCUT2D eigenvalue weighted by Gasteiger charge is -2.23. The summed E-state index contributed by atoms with van der Waals surface area (Å²) in [4.78, 5) is 6.80. The molecule has 2 nitrogen and oxygen atoms in total. The van der Waals surface area contributed by atoms with Gasteiger partial charge in [-0.15, -0.1) is 11.6 Å². The minimum Gasteiger partial charge on any atom is -0.354 e. The monoisotopic (exact) mass is 244 g/mol. The molecule has 1 unspecified atom stereocenters. The molecule has 2 rings (SSSR count). The van der Waals surface area contributed by atoms with Crippen LogP contribution in [-0.2, 0) is 5.88 Å². The number of hydrogen-bond acceptors (Lipinski definition) is 2. The molecule has 0 bridgehead atoms. The topological polar surface area (TPSA) is 16.1 Å². The highest BCUT2D eigenvalue weighted by Gasteiger charge is 2.21. The molecule has 0 spiro atoms. The molecule has 82 valence electrons. The largest absolute Gasteiger partial charge is 0.354 e. The van der Waals surface area contributed by atoms with Gasteiger partial charge in [0.15, 0.2) is 0 Å². The number of rotatable bonds is 2. The van der Waals surface area contributed by atoms with Gasteiger partial charge in [0, 0.05) is 12.6 Å². The van der Waals surface area contributed by atoms with E-state index >= 15 is 0 Å². The van der Waals surface area contributed by atoms with E-state index in [2.05, 4.69) is 16.8 Å². The van der Waals surface area contributed by atoms with Crippen LogP contribution in [0.1, 0.15) is 25.5 Å². The molecule has 1 fully saturated rings. The minimum absolute atomic E-state index is 0.370. The summed E-state index contributed by atoms with van der Waals surface area (Å²) in [6, 6.07) is 4.43. The Morgan fingerprint density at radius 2 is 2.33 bits per heavy atom. The number of hydrogen-bond donors (Lipinski definition) is 0. The van der Waals surface area contributed by atoms with Gasteiger partial charge in [0.1, 0.15) is 5.82 Å². The summed E-state index contributed by atoms with van der Waals surface area (Å²) in [6.45, 7) is 3.31. The van der Waals surface area contributed by atoms with Gasteiger partial charge in [-0.1, -0.05) is 11.6 Å². The molecule has 2 heterocycles. The Morgan fingerprint density at radius 1 is 1.53 bits per heavy atom. The first-order valence-corrected chi connectivity index (χ1v) is 6.11. The molecule has 1 aromatic rings. The number of alkyl halides is 1. The maximum absolute atomic E-state index is 5.97. The van der Waals surface area contributed by atoms with E-state index in [4.69, 9.17) is 23.2 Å². The van der Waals surface area contributed by atoms with Gasteiger partial charge in [0.25, 0.3) is 0 Å². The van der Waals surface area contributed by atoms with Crippen LogP contribution >= 0.6 is 23.2 Å². The minimum atomic E-state index is 0.370. The molecule has 15 heavy (non-hydrogen) atoms. The highest BCUT2D eigenvalue weighted by molar-refractivity contribution is 6.32. The number of aromatic nitrogens is 1. The molecule has 1 aliphatic rings. The van der Waals surface area contributed by atoms with Crippen LogP contribution in [0, 0.1) is 0 Å². The third-order valence-electron chi connectivity index (χ3n) is 2.88. The van der Waals surface area contributed by atoms with Crippen LogP contribution in [0.2, 0.25) is 5.02 Å². The molecule has 0 saturated carbocycles. The standard InChI is InChI=1S/C11H14Cl2N2/c1-8-3-2-6-15(8)11-5-4-9(13)10(7-12)14-11/h4-5,8H,2-3,6-7H2,1H3. The van der Waals surface area contributed by atoms with Crippen molar-refractivity contribution in [3.05, 3.63) is 22.8 Å². The molecule has 0 amide bonds. The molecule has 0 N–H and O–H groups in total. The van der Waals surface area contributed by atoms with Crippen molar-refractivity contribution in [3.8, 4) is 0 Å². The van der Waals surface area contributed by atoms with Crippen molar-refractivity contribution in [3.63, 3.8) is 0 Å². The van der Waals surface area contributed by atoms with Crippen molar-refractivity contribution < 1.29 is 0 Å². The lowest BCUT2D eigenvalue weighted by molar-refractivity contribution is 0.726. The van der Waals surface area contributed by atoms with E-state index in [9.17, 15) is 0 Å². The van der Waals surface area contributed by atoms with Gasteiger partial charge < -0.3 is 4.90 Å². The van der Waals surface area contributed by atoms with E-state index in [1.165, 1.54) is 12.8 Å². The van der Waals surface area contributed by atoms with E-state index in [-0.39, 0.29) is 0 Å². The number of pyridine rings is 1. The van der Waals surface area contributed by atoms with Crippen LogP contribution in [-0.4, -0.2) is 17.6 Å². The van der Waals surface area contributed by atoms with E-state index in [0.29, 0.717) is 16.9 Å². The lowest BCUT2D eigenvalue weighted by Crippen LogP contribution is -2.27. The number of nitrogens with zero attached hydrogens (tertiary/aromatic N) is 2. The summed E-state index contributed by atoms with van der Waals surface area (Å²) in [5.74, 6) is 1.37. The second-order valence-electron chi connectivity index (χ2n) is 3.92. The van der Waals surface area contributed by atoms with Gasteiger partial charge >= 0.3 is 0 Å². The Bertz CT molecular complexity index is 354. The van der Waals surface area contributed by atoms with Gasteiger partial charge in [0.2, 0.25) is 0 Å². The van der Waals surface area contributed by atoms with Crippen molar-refractivity contribution in [1.82, 2.24) is 4.98 Å². The summed E-state index contributed by atoms with van der Waals surface area (Å²) in [5, 5.41) is 0.653. The van der Waals surface area contributed by atoms with Gasteiger partial charge in [-0.3, -0.25) is 0 Å². The lowest BCUT2D eigenvalue weighted by atomic mass is 10.2. The van der Waals surface area contributed by atoms with Crippen LogP contribution in [0.15, 0.2) is 12.1 Å². The van der Waals surface area contributed by atoms with Gasteiger partial charge in [-0.2, -0.15) is 0 Å². The van der Waals surface area contributed by atoms with Crippen LogP contribution in [0.25, 0.3) is 0 Å². The molecular weight excluding hydrogens is 231 g/mol. The van der Waals surface area contributed by atoms with E-state index in [0.717, 1.165) is 18.1 Å². The van der Waals surface area contributed by atoms with E-state index in [1.54, 1.807) is 0 Å². The van der Waals surface area contributed by atoms with E-state index in [1.807, 2.05) is 12.1 Å². The molecule has 0 aromatic carbocycles. The fourth-order valence-electron chi connectivity index (χ4n) is 2.00. The molecule has 4 heteroatoms. The van der Waals surface area contributed by atoms with Crippen molar-refractivity contribution in [2.75, 3.05) is 11.4 Å². The molecule has 0 radical (unpaired) electrons. The molecule has 1 aliphatic heterocycles. The maximum atomic E-state index is 5.97. The zero-order valence-corrected chi connectivity index (χ0v) is 10.2. The summed E-state index contributed by atoms with van der Waals surface area (Å²) in [6.07, 6.45) is 2.47. The number of anilines is 1. The molecule has 0 aliphatic carbocycles. The average molecular weight is 245 g/mol. The first kappa shape index (κ1) is 11.0. The quantitative estimate of drug-likeness (QED) is 0.742.